The van der Waals surface area contributed by atoms with Gasteiger partial charge in [-0.15, -0.1) is 0 Å². The van der Waals surface area contributed by atoms with Crippen molar-refractivity contribution in [2.75, 3.05) is 26.4 Å². The van der Waals surface area contributed by atoms with Crippen LogP contribution in [0.2, 0.25) is 0 Å². The monoisotopic (exact) mass is 1280 g/mol. The normalized spacial score (nSPS) is 53.6. The maximum absolute atomic E-state index is 18.1. The smallest absolute Gasteiger partial charge is 0.339 e. The van der Waals surface area contributed by atoms with Crippen molar-refractivity contribution in [3.05, 3.63) is 83.0 Å². The first-order valence-electron chi connectivity index (χ1n) is 38.3. The lowest BCUT2D eigenvalue weighted by atomic mass is 9.28. The van der Waals surface area contributed by atoms with Crippen molar-refractivity contribution in [2.24, 2.45) is 134 Å². The van der Waals surface area contributed by atoms with Gasteiger partial charge < -0.3 is 43.6 Å². The summed E-state index contributed by atoms with van der Waals surface area (Å²) in [5, 5.41) is 42.5. The Morgan fingerprint density at radius 3 is 2.56 bits per heavy atom. The van der Waals surface area contributed by atoms with Crippen LogP contribution in [-0.2, 0) is 58.2 Å². The molecule has 19 aliphatic rings. The SMILES string of the molecule is CC1C2CCCC2CCC1C1C=C2CC3CC4(CCCC4)CC34CC3CC5(C)C67OC(=O)C8OC85C5(C(O)C(=O)C8C1(C)OC21C4C(=O)OCC81C35)C1CC(Cc2ccccc2)CCC1C#CC6CCc1coc(CC(C(O)CO)C2CCC3C(C=CN4CNCC34)C2)c17. The van der Waals surface area contributed by atoms with Crippen LogP contribution >= 0.6 is 0 Å². The van der Waals surface area contributed by atoms with E-state index in [1.54, 1.807) is 0 Å². The lowest BCUT2D eigenvalue weighted by molar-refractivity contribution is -0.320. The second-order valence-electron chi connectivity index (χ2n) is 36.6. The highest BCUT2D eigenvalue weighted by molar-refractivity contribution is 5.94. The minimum Gasteiger partial charge on any atom is -0.469 e. The molecule has 15 fully saturated rings. The zero-order chi connectivity index (χ0) is 63.2. The van der Waals surface area contributed by atoms with E-state index in [9.17, 15) is 10.2 Å². The summed E-state index contributed by atoms with van der Waals surface area (Å²) in [6.45, 7) is 8.68. The van der Waals surface area contributed by atoms with Crippen LogP contribution in [0.1, 0.15) is 178 Å². The number of epoxide rings is 1. The molecule has 12 aliphatic carbocycles. The lowest BCUT2D eigenvalue weighted by Crippen LogP contribution is -2.84. The van der Waals surface area contributed by atoms with E-state index in [2.05, 4.69) is 91.5 Å². The Hall–Kier alpha value is -4.29. The Morgan fingerprint density at radius 2 is 1.71 bits per heavy atom. The van der Waals surface area contributed by atoms with Crippen molar-refractivity contribution in [2.45, 2.75) is 222 Å². The van der Waals surface area contributed by atoms with Gasteiger partial charge in [0.05, 0.1) is 54.4 Å². The summed E-state index contributed by atoms with van der Waals surface area (Å²) in [7, 11) is 0. The largest absolute Gasteiger partial charge is 0.469 e. The molecular formula is C81H100N2O11. The standard InChI is InChI=1S/C81H100N2O11/c1-43-55-13-9-12-46(55)18-22-56(43)60-32-53-31-54-36-75(25-7-8-26-75)40-76(54)35-51-34-73(2)79-52(21-17-50-39-90-63(64(50)79)33-58(62(85)38-84)48-19-23-57-49(30-48)24-27-83-42-82-37-61(57)83)20-16-47-15-14-45(28-44-10-5-4-6-11-44)29-59(47)78(81(73)70(92-81)72(89)93-79)66(51)77-41-91-71(88)68(76)80(53,77)94-74(60,3)67(77)65(86)69(78)87/h4-6,10-11,24,27,32,39,43,45-49,51-52,54-62,66-70,82,84-85,87H,7-9,12-15,17-19,21-23,25-26,28-31,33-38,40-42H2,1-3H3. The molecule has 21 rings (SSSR count). The van der Waals surface area contributed by atoms with Crippen molar-refractivity contribution in [3.63, 3.8) is 0 Å². The average Bonchev–Trinajstić information content (AvgIpc) is 1.41. The number of Topliss-reactive ketones (excluding diaryl/α,β-unsaturated/α-hetero) is 1. The van der Waals surface area contributed by atoms with Gasteiger partial charge >= 0.3 is 11.9 Å². The van der Waals surface area contributed by atoms with Crippen LogP contribution in [0.25, 0.3) is 0 Å². The van der Waals surface area contributed by atoms with Gasteiger partial charge in [0.15, 0.2) is 17.5 Å². The highest BCUT2D eigenvalue weighted by Crippen LogP contribution is 2.92. The Bertz CT molecular complexity index is 3710. The van der Waals surface area contributed by atoms with Crippen LogP contribution in [0.15, 0.2) is 64.9 Å². The van der Waals surface area contributed by atoms with Crippen LogP contribution in [0, 0.1) is 145 Å². The first-order chi connectivity index (χ1) is 45.5. The number of ketones is 1. The zero-order valence-corrected chi connectivity index (χ0v) is 55.8. The molecule has 5 saturated heterocycles. The maximum atomic E-state index is 18.1. The van der Waals surface area contributed by atoms with Crippen molar-refractivity contribution >= 4 is 17.7 Å². The number of hydrogen-bond acceptors (Lipinski definition) is 13. The summed E-state index contributed by atoms with van der Waals surface area (Å²) in [5.41, 5.74) is -4.87. The summed E-state index contributed by atoms with van der Waals surface area (Å²) in [6.07, 6.45) is 28.2. The van der Waals surface area contributed by atoms with Gasteiger partial charge in [-0.05, 0) is 240 Å². The number of aliphatic hydroxyl groups is 3. The molecule has 500 valence electrons. The van der Waals surface area contributed by atoms with E-state index in [4.69, 9.17) is 23.4 Å². The highest BCUT2D eigenvalue weighted by Gasteiger charge is 3.00. The molecule has 7 spiro atoms. The number of hydrogen-bond donors (Lipinski definition) is 4. The molecule has 2 aromatic rings. The van der Waals surface area contributed by atoms with Gasteiger partial charge in [-0.2, -0.15) is 0 Å². The number of aliphatic hydroxyl groups excluding tert-OH is 3. The Morgan fingerprint density at radius 1 is 0.862 bits per heavy atom. The van der Waals surface area contributed by atoms with E-state index in [0.29, 0.717) is 67.6 Å². The molecule has 1 aromatic carbocycles. The number of fused-ring (bicyclic) bond motifs is 8. The average molecular weight is 1280 g/mol. The van der Waals surface area contributed by atoms with Crippen LogP contribution in [0.4, 0.5) is 0 Å². The first-order valence-corrected chi connectivity index (χ1v) is 38.3. The Balaban J connectivity index is 0.801. The molecule has 13 nitrogen and oxygen atoms in total. The third-order valence-electron chi connectivity index (χ3n) is 34.0. The Kier molecular flexibility index (Phi) is 12.1. The summed E-state index contributed by atoms with van der Waals surface area (Å²) in [6, 6.07) is 11.3. The molecule has 0 amide bonds. The molecule has 30 atom stereocenters. The van der Waals surface area contributed by atoms with Crippen LogP contribution < -0.4 is 5.32 Å². The minimum absolute atomic E-state index is 0.0377. The summed E-state index contributed by atoms with van der Waals surface area (Å²) in [5.74, 6) is 7.83. The summed E-state index contributed by atoms with van der Waals surface area (Å²) < 4.78 is 38.8. The maximum Gasteiger partial charge on any atom is 0.339 e. The van der Waals surface area contributed by atoms with E-state index in [1.807, 2.05) is 6.26 Å². The number of aryl methyl sites for hydroxylation is 1. The summed E-state index contributed by atoms with van der Waals surface area (Å²) in [4.78, 5) is 53.5. The van der Waals surface area contributed by atoms with Crippen molar-refractivity contribution in [3.8, 4) is 11.8 Å². The lowest BCUT2D eigenvalue weighted by Gasteiger charge is -2.74. The van der Waals surface area contributed by atoms with E-state index in [1.165, 1.54) is 49.7 Å². The molecule has 94 heavy (non-hydrogen) atoms. The highest BCUT2D eigenvalue weighted by atomic mass is 16.7. The van der Waals surface area contributed by atoms with Gasteiger partial charge in [-0.3, -0.25) is 14.9 Å². The van der Waals surface area contributed by atoms with E-state index >= 15 is 19.5 Å². The van der Waals surface area contributed by atoms with Gasteiger partial charge in [-0.25, -0.2) is 4.79 Å². The van der Waals surface area contributed by atoms with Crippen molar-refractivity contribution in [1.82, 2.24) is 10.2 Å². The number of rotatable bonds is 8. The number of nitrogens with one attached hydrogen (secondary N) is 1. The number of benzene rings is 1. The molecule has 7 aliphatic heterocycles. The fraction of sp³-hybridized carbons (Fsp3) is 0.765. The molecule has 13 heteroatoms. The molecule has 8 heterocycles. The van der Waals surface area contributed by atoms with Crippen molar-refractivity contribution in [1.29, 1.82) is 0 Å². The quantitative estimate of drug-likeness (QED) is 0.0849. The van der Waals surface area contributed by atoms with Crippen LogP contribution in [-0.4, -0.2) is 106 Å². The number of allylic oxidation sites excluding steroid dienone is 1. The van der Waals surface area contributed by atoms with Gasteiger partial charge in [0, 0.05) is 47.2 Å². The van der Waals surface area contributed by atoms with E-state index in [0.717, 1.165) is 114 Å². The second kappa shape index (κ2) is 19.4. The number of cyclic esters (lactones) is 1. The number of furan rings is 1. The molecular weight excluding hydrogens is 1180 g/mol. The van der Waals surface area contributed by atoms with Gasteiger partial charge in [0.2, 0.25) is 0 Å². The third-order valence-corrected chi connectivity index (χ3v) is 34.0. The Labute approximate surface area is 554 Å². The van der Waals surface area contributed by atoms with Crippen LogP contribution in [0.3, 0.4) is 0 Å². The fourth-order valence-electron chi connectivity index (χ4n) is 31.5. The number of carbonyl (C=O) groups excluding carboxylic acids is 3. The third kappa shape index (κ3) is 6.66. The molecule has 1 aromatic heterocycles. The molecule has 0 radical (unpaired) electrons. The van der Waals surface area contributed by atoms with Gasteiger partial charge in [0.1, 0.15) is 29.7 Å². The number of esters is 2. The molecule has 4 N–H and O–H groups in total. The van der Waals surface area contributed by atoms with Crippen molar-refractivity contribution < 1.29 is 53.1 Å². The van der Waals surface area contributed by atoms with E-state index in [-0.39, 0.29) is 77.7 Å². The van der Waals surface area contributed by atoms with E-state index < -0.39 is 97.9 Å². The first kappa shape index (κ1) is 58.7. The van der Waals surface area contributed by atoms with Gasteiger partial charge in [-0.1, -0.05) is 93.9 Å². The molecule has 10 saturated carbocycles. The summed E-state index contributed by atoms with van der Waals surface area (Å²) >= 11 is 0. The van der Waals surface area contributed by atoms with Crippen LogP contribution in [0.5, 0.6) is 0 Å². The number of ether oxygens (including phenoxy) is 4. The topological polar surface area (TPSA) is 181 Å². The number of carbonyl (C=O) groups is 3. The predicted molar refractivity (Wildman–Crippen MR) is 346 cm³/mol. The predicted octanol–water partition coefficient (Wildman–Crippen LogP) is 11.0. The molecule has 9 bridgehead atoms. The fourth-order valence-corrected chi connectivity index (χ4v) is 31.5. The second-order valence-corrected chi connectivity index (χ2v) is 36.6. The zero-order valence-electron chi connectivity index (χ0n) is 55.8. The minimum atomic E-state index is -1.56. The molecule has 30 unspecified atom stereocenters. The number of nitrogens with zero attached hydrogens (tertiary/aromatic N) is 1. The van der Waals surface area contributed by atoms with Gasteiger partial charge in [0.25, 0.3) is 0 Å².